The summed E-state index contributed by atoms with van der Waals surface area (Å²) in [5.74, 6) is 0.134. The number of likely N-dealkylation sites (N-methyl/N-ethyl adjacent to an activating group) is 1. The molecule has 0 spiro atoms. The number of nitrogens with one attached hydrogen (secondary N) is 1. The third kappa shape index (κ3) is 8.31. The summed E-state index contributed by atoms with van der Waals surface area (Å²) in [5.41, 5.74) is 10.1. The summed E-state index contributed by atoms with van der Waals surface area (Å²) in [7, 11) is 1.74. The first kappa shape index (κ1) is 40.5. The topological polar surface area (TPSA) is 225 Å². The molecular formula is C42H48N2O15. The van der Waals surface area contributed by atoms with Gasteiger partial charge in [0.15, 0.2) is 35.7 Å². The molecule has 3 aromatic carbocycles. The Hall–Kier alpha value is -5.30. The van der Waals surface area contributed by atoms with Gasteiger partial charge in [-0.05, 0) is 61.4 Å². The highest BCUT2D eigenvalue weighted by Crippen LogP contribution is 2.58. The summed E-state index contributed by atoms with van der Waals surface area (Å²) in [5, 5.41) is 34.2. The highest BCUT2D eigenvalue weighted by atomic mass is 17.2. The predicted molar refractivity (Wildman–Crippen MR) is 204 cm³/mol. The smallest absolute Gasteiger partial charge is 0.317 e. The number of phenolic OH excluding ortho intramolecular Hbond substituents is 1. The molecule has 0 aliphatic carbocycles. The molecule has 9 atom stereocenters. The van der Waals surface area contributed by atoms with Gasteiger partial charge in [-0.25, -0.2) is 0 Å². The van der Waals surface area contributed by atoms with Crippen molar-refractivity contribution in [2.24, 2.45) is 11.7 Å². The van der Waals surface area contributed by atoms with E-state index in [0.29, 0.717) is 59.4 Å². The lowest BCUT2D eigenvalue weighted by molar-refractivity contribution is -0.373. The van der Waals surface area contributed by atoms with Crippen LogP contribution in [0.25, 0.3) is 0 Å². The van der Waals surface area contributed by atoms with Crippen molar-refractivity contribution in [1.29, 1.82) is 0 Å². The number of aliphatic hydroxyl groups is 1. The molecule has 5 aliphatic heterocycles. The van der Waals surface area contributed by atoms with E-state index in [1.165, 1.54) is 6.26 Å². The van der Waals surface area contributed by atoms with Crippen LogP contribution in [-0.2, 0) is 39.8 Å². The normalized spacial score (nSPS) is 26.7. The number of esters is 1. The summed E-state index contributed by atoms with van der Waals surface area (Å²) in [6, 6.07) is 11.9. The first-order valence-corrected chi connectivity index (χ1v) is 19.6. The Bertz CT molecular complexity index is 2080. The van der Waals surface area contributed by atoms with E-state index in [2.05, 4.69) is 19.2 Å². The van der Waals surface area contributed by atoms with E-state index in [-0.39, 0.29) is 30.8 Å². The quantitative estimate of drug-likeness (QED) is 0.100. The number of rotatable bonds is 12. The van der Waals surface area contributed by atoms with Gasteiger partial charge in [-0.1, -0.05) is 26.0 Å². The van der Waals surface area contributed by atoms with Crippen molar-refractivity contribution in [3.05, 3.63) is 82.6 Å². The highest BCUT2D eigenvalue weighted by Gasteiger charge is 2.51. The van der Waals surface area contributed by atoms with Gasteiger partial charge in [0.2, 0.25) is 6.79 Å². The maximum atomic E-state index is 12.2. The monoisotopic (exact) mass is 820 g/mol. The number of carboxylic acids is 1. The van der Waals surface area contributed by atoms with Gasteiger partial charge in [-0.3, -0.25) is 9.59 Å². The fraction of sp³-hybridized carbons (Fsp3) is 0.476. The molecule has 8 rings (SSSR count). The van der Waals surface area contributed by atoms with E-state index in [0.717, 1.165) is 16.9 Å². The molecule has 17 heteroatoms. The van der Waals surface area contributed by atoms with Crippen molar-refractivity contribution in [2.45, 2.75) is 81.4 Å². The van der Waals surface area contributed by atoms with Crippen LogP contribution in [0.2, 0.25) is 0 Å². The zero-order chi connectivity index (χ0) is 41.4. The van der Waals surface area contributed by atoms with Crippen molar-refractivity contribution in [1.82, 2.24) is 5.32 Å². The summed E-state index contributed by atoms with van der Waals surface area (Å²) in [4.78, 5) is 35.7. The zero-order valence-corrected chi connectivity index (χ0v) is 32.7. The van der Waals surface area contributed by atoms with Gasteiger partial charge in [0.25, 0.3) is 0 Å². The average Bonchev–Trinajstić information content (AvgIpc) is 3.83. The van der Waals surface area contributed by atoms with Gasteiger partial charge in [0.05, 0.1) is 25.4 Å². The number of hydrogen-bond acceptors (Lipinski definition) is 16. The molecule has 0 amide bonds. The molecule has 59 heavy (non-hydrogen) atoms. The molecule has 316 valence electrons. The number of carbonyl (C=O) groups is 2. The number of phenols is 1. The van der Waals surface area contributed by atoms with Gasteiger partial charge in [-0.2, -0.15) is 4.89 Å². The summed E-state index contributed by atoms with van der Waals surface area (Å²) in [6.07, 6.45) is -3.97. The Morgan fingerprint density at radius 2 is 1.81 bits per heavy atom. The number of aliphatic carboxylic acids is 1. The lowest BCUT2D eigenvalue weighted by Gasteiger charge is -2.43. The average molecular weight is 821 g/mol. The number of nitrogens with two attached hydrogens (primary N) is 1. The van der Waals surface area contributed by atoms with Gasteiger partial charge in [-0.15, -0.1) is 0 Å². The minimum Gasteiger partial charge on any atom is -0.508 e. The van der Waals surface area contributed by atoms with E-state index in [1.807, 2.05) is 18.2 Å². The molecule has 0 saturated carbocycles. The molecular weight excluding hydrogens is 772 g/mol. The van der Waals surface area contributed by atoms with Crippen LogP contribution in [0.3, 0.4) is 0 Å². The minimum atomic E-state index is -1.49. The number of hydrogen-bond donors (Lipinski definition) is 5. The van der Waals surface area contributed by atoms with Crippen LogP contribution in [0.1, 0.15) is 66.0 Å². The van der Waals surface area contributed by atoms with Crippen molar-refractivity contribution in [3.63, 3.8) is 0 Å². The Morgan fingerprint density at radius 3 is 2.59 bits per heavy atom. The van der Waals surface area contributed by atoms with E-state index < -0.39 is 73.7 Å². The highest BCUT2D eigenvalue weighted by molar-refractivity contribution is 5.90. The largest absolute Gasteiger partial charge is 0.508 e. The lowest BCUT2D eigenvalue weighted by Crippen LogP contribution is -2.61. The molecule has 17 nitrogen and oxygen atoms in total. The minimum absolute atomic E-state index is 0.0180. The number of carbonyl (C=O) groups excluding carboxylic acids is 1. The number of carboxylic acid groups (broad SMARTS) is 1. The van der Waals surface area contributed by atoms with Crippen LogP contribution in [0.5, 0.6) is 34.5 Å². The van der Waals surface area contributed by atoms with Crippen molar-refractivity contribution in [3.8, 4) is 34.5 Å². The van der Waals surface area contributed by atoms with Crippen LogP contribution in [0.4, 0.5) is 0 Å². The van der Waals surface area contributed by atoms with Gasteiger partial charge in [0, 0.05) is 40.8 Å². The summed E-state index contributed by atoms with van der Waals surface area (Å²) in [6.45, 7) is 4.61. The molecule has 5 aliphatic rings. The first-order chi connectivity index (χ1) is 28.5. The Kier molecular flexibility index (Phi) is 11.7. The Balaban J connectivity index is 1.16. The standard InChI is InChI=1S/C42H48N2O15/c1-20(2)9-28-37-26(12-32-39(28)55-19-54-32)29-17-51-30-11-25-24(21-5-4-6-23(45)10-21)7-8-50-40-36(49)33(18-52-35(48)14-34(46)47)56-42(53-16-22(43)15-44-3)41(40)59-58-31(25)13-27(30)38(29)57-37/h4-8,10-13,20,22,24,29,33,36,38,40-42,44-45,49H,9,14-19,43H2,1-3H3,(H,46,47). The van der Waals surface area contributed by atoms with Crippen molar-refractivity contribution in [2.75, 3.05) is 40.2 Å². The van der Waals surface area contributed by atoms with Gasteiger partial charge >= 0.3 is 11.9 Å². The van der Waals surface area contributed by atoms with Gasteiger partial charge < -0.3 is 69.2 Å². The molecule has 0 aromatic heterocycles. The number of aliphatic hydroxyl groups excluding tert-OH is 1. The predicted octanol–water partition coefficient (Wildman–Crippen LogP) is 3.32. The van der Waals surface area contributed by atoms with Crippen LogP contribution < -0.4 is 34.9 Å². The van der Waals surface area contributed by atoms with Crippen LogP contribution in [0.15, 0.2) is 54.8 Å². The number of ether oxygens (including phenoxy) is 8. The van der Waals surface area contributed by atoms with Crippen LogP contribution in [-0.4, -0.2) is 104 Å². The van der Waals surface area contributed by atoms with Crippen molar-refractivity contribution >= 4 is 11.9 Å². The summed E-state index contributed by atoms with van der Waals surface area (Å²) < 4.78 is 48.6. The molecule has 0 radical (unpaired) electrons. The van der Waals surface area contributed by atoms with E-state index in [9.17, 15) is 19.8 Å². The molecule has 3 aromatic rings. The van der Waals surface area contributed by atoms with Gasteiger partial charge in [0.1, 0.15) is 48.6 Å². The first-order valence-electron chi connectivity index (χ1n) is 19.6. The Morgan fingerprint density at radius 1 is 1.00 bits per heavy atom. The second kappa shape index (κ2) is 17.1. The molecule has 6 N–H and O–H groups in total. The molecule has 1 fully saturated rings. The summed E-state index contributed by atoms with van der Waals surface area (Å²) >= 11 is 0. The van der Waals surface area contributed by atoms with E-state index >= 15 is 0 Å². The third-order valence-electron chi connectivity index (χ3n) is 10.8. The molecule has 1 saturated heterocycles. The maximum Gasteiger partial charge on any atom is 0.317 e. The number of benzene rings is 3. The zero-order valence-electron chi connectivity index (χ0n) is 32.7. The van der Waals surface area contributed by atoms with Crippen molar-refractivity contribution < 1.29 is 72.6 Å². The molecule has 0 bridgehead atoms. The van der Waals surface area contributed by atoms with Crippen LogP contribution >= 0.6 is 0 Å². The molecule has 5 heterocycles. The Labute approximate surface area is 339 Å². The second-order valence-electron chi connectivity index (χ2n) is 15.6. The van der Waals surface area contributed by atoms with E-state index in [1.54, 1.807) is 37.4 Å². The maximum absolute atomic E-state index is 12.2. The molecule has 9 unspecified atom stereocenters. The number of aromatic hydroxyl groups is 1. The number of fused-ring (bicyclic) bond motifs is 8. The second-order valence-corrected chi connectivity index (χ2v) is 15.6. The van der Waals surface area contributed by atoms with E-state index in [4.69, 9.17) is 58.5 Å². The fourth-order valence-electron chi connectivity index (χ4n) is 8.13. The van der Waals surface area contributed by atoms with Crippen LogP contribution in [0, 0.1) is 5.92 Å². The number of allylic oxidation sites excluding steroid dienone is 1. The fourth-order valence-corrected chi connectivity index (χ4v) is 8.13. The lowest BCUT2D eigenvalue weighted by atomic mass is 9.84. The third-order valence-corrected chi connectivity index (χ3v) is 10.8. The SMILES string of the molecule is CNCC(N)COC1OC(COC(=O)CC(=O)O)C(O)C2OC=CC(c3cccc(O)c3)c3cc4c(cc3OOC12)C1Oc2c(cc3c(c2CC(C)C)OCO3)C1CO4.